The van der Waals surface area contributed by atoms with E-state index >= 15 is 0 Å². The van der Waals surface area contributed by atoms with Gasteiger partial charge in [0.1, 0.15) is 0 Å². The minimum atomic E-state index is -0.479. The Bertz CT molecular complexity index is 312. The number of hydrogen-bond acceptors (Lipinski definition) is 4. The highest BCUT2D eigenvalue weighted by molar-refractivity contribution is 5.95. The Labute approximate surface area is 120 Å². The van der Waals surface area contributed by atoms with E-state index in [1.54, 1.807) is 6.08 Å². The van der Waals surface area contributed by atoms with Gasteiger partial charge in [0, 0.05) is 13.1 Å². The summed E-state index contributed by atoms with van der Waals surface area (Å²) in [5, 5.41) is 4.78. The Kier molecular flexibility index (Phi) is 9.20. The molecule has 1 aliphatic rings. The second kappa shape index (κ2) is 9.77. The standard InChI is InChI=1S/C12H22N4O2.ClH/c1-2-5-14-12(18)15-11(17)9-16-6-3-4-10(7-13)8-16;/h2,10H,1,3-9,13H2,(H2,14,15,17,18);1H. The minimum Gasteiger partial charge on any atom is -0.334 e. The number of carbonyl (C=O) groups is 2. The first kappa shape index (κ1) is 17.9. The molecule has 3 amide bonds. The van der Waals surface area contributed by atoms with Gasteiger partial charge in [-0.2, -0.15) is 0 Å². The Hall–Kier alpha value is -1.11. The van der Waals surface area contributed by atoms with E-state index in [0.717, 1.165) is 25.9 Å². The van der Waals surface area contributed by atoms with Gasteiger partial charge in [-0.15, -0.1) is 19.0 Å². The highest BCUT2D eigenvalue weighted by Gasteiger charge is 2.20. The minimum absolute atomic E-state index is 0. The number of nitrogens with zero attached hydrogens (tertiary/aromatic N) is 1. The second-order valence-corrected chi connectivity index (χ2v) is 4.53. The molecule has 7 heteroatoms. The van der Waals surface area contributed by atoms with Crippen LogP contribution in [0.4, 0.5) is 4.79 Å². The summed E-state index contributed by atoms with van der Waals surface area (Å²) in [6.45, 7) is 6.44. The maximum absolute atomic E-state index is 11.6. The number of halogens is 1. The lowest BCUT2D eigenvalue weighted by Gasteiger charge is -2.31. The molecule has 1 heterocycles. The molecule has 0 saturated carbocycles. The SMILES string of the molecule is C=CCNC(=O)NC(=O)CN1CCCC(CN)C1.Cl. The van der Waals surface area contributed by atoms with Crippen molar-refractivity contribution in [3.05, 3.63) is 12.7 Å². The van der Waals surface area contributed by atoms with E-state index in [2.05, 4.69) is 17.2 Å². The van der Waals surface area contributed by atoms with E-state index in [9.17, 15) is 9.59 Å². The maximum atomic E-state index is 11.6. The molecule has 0 aromatic rings. The van der Waals surface area contributed by atoms with E-state index in [-0.39, 0.29) is 24.9 Å². The largest absolute Gasteiger partial charge is 0.334 e. The van der Waals surface area contributed by atoms with Crippen molar-refractivity contribution in [3.8, 4) is 0 Å². The van der Waals surface area contributed by atoms with Gasteiger partial charge >= 0.3 is 6.03 Å². The summed E-state index contributed by atoms with van der Waals surface area (Å²) >= 11 is 0. The van der Waals surface area contributed by atoms with Crippen LogP contribution in [0.1, 0.15) is 12.8 Å². The lowest BCUT2D eigenvalue weighted by atomic mass is 9.98. The number of imide groups is 1. The summed E-state index contributed by atoms with van der Waals surface area (Å²) in [5.41, 5.74) is 5.63. The number of hydrogen-bond donors (Lipinski definition) is 3. The summed E-state index contributed by atoms with van der Waals surface area (Å²) in [6, 6.07) is -0.479. The van der Waals surface area contributed by atoms with Crippen LogP contribution < -0.4 is 16.4 Å². The third-order valence-electron chi connectivity index (χ3n) is 2.96. The summed E-state index contributed by atoms with van der Waals surface area (Å²) in [7, 11) is 0. The Morgan fingerprint density at radius 2 is 2.21 bits per heavy atom. The molecule has 1 fully saturated rings. The van der Waals surface area contributed by atoms with E-state index in [1.165, 1.54) is 0 Å². The second-order valence-electron chi connectivity index (χ2n) is 4.53. The third-order valence-corrected chi connectivity index (χ3v) is 2.96. The number of urea groups is 1. The van der Waals surface area contributed by atoms with Gasteiger partial charge in [0.05, 0.1) is 6.54 Å². The summed E-state index contributed by atoms with van der Waals surface area (Å²) in [6.07, 6.45) is 3.73. The number of carbonyl (C=O) groups excluding carboxylic acids is 2. The molecular weight excluding hydrogens is 268 g/mol. The molecule has 0 bridgehead atoms. The van der Waals surface area contributed by atoms with Crippen molar-refractivity contribution < 1.29 is 9.59 Å². The Morgan fingerprint density at radius 1 is 1.47 bits per heavy atom. The van der Waals surface area contributed by atoms with E-state index < -0.39 is 6.03 Å². The molecule has 1 unspecified atom stereocenters. The van der Waals surface area contributed by atoms with Crippen LogP contribution in [0.5, 0.6) is 0 Å². The van der Waals surface area contributed by atoms with Crippen molar-refractivity contribution in [1.29, 1.82) is 0 Å². The quantitative estimate of drug-likeness (QED) is 0.626. The van der Waals surface area contributed by atoms with Crippen LogP contribution in [0.2, 0.25) is 0 Å². The van der Waals surface area contributed by atoms with Crippen molar-refractivity contribution in [3.63, 3.8) is 0 Å². The number of nitrogens with two attached hydrogens (primary N) is 1. The van der Waals surface area contributed by atoms with Crippen LogP contribution in [-0.2, 0) is 4.79 Å². The van der Waals surface area contributed by atoms with Gasteiger partial charge in [0.2, 0.25) is 5.91 Å². The highest BCUT2D eigenvalue weighted by atomic mass is 35.5. The van der Waals surface area contributed by atoms with Crippen LogP contribution in [0.15, 0.2) is 12.7 Å². The molecular formula is C12H23ClN4O2. The predicted octanol–water partition coefficient (Wildman–Crippen LogP) is 0.0907. The Morgan fingerprint density at radius 3 is 2.84 bits per heavy atom. The average Bonchev–Trinajstić information content (AvgIpc) is 2.36. The summed E-state index contributed by atoms with van der Waals surface area (Å²) < 4.78 is 0. The van der Waals surface area contributed by atoms with Crippen molar-refractivity contribution in [2.45, 2.75) is 12.8 Å². The molecule has 0 aromatic heterocycles. The molecule has 1 saturated heterocycles. The first-order valence-corrected chi connectivity index (χ1v) is 6.26. The molecule has 6 nitrogen and oxygen atoms in total. The number of likely N-dealkylation sites (tertiary alicyclic amines) is 1. The van der Waals surface area contributed by atoms with Crippen molar-refractivity contribution in [1.82, 2.24) is 15.5 Å². The fourth-order valence-corrected chi connectivity index (χ4v) is 2.07. The van der Waals surface area contributed by atoms with Crippen molar-refractivity contribution in [2.75, 3.05) is 32.7 Å². The molecule has 4 N–H and O–H groups in total. The van der Waals surface area contributed by atoms with Gasteiger partial charge in [-0.05, 0) is 31.8 Å². The zero-order valence-electron chi connectivity index (χ0n) is 11.1. The average molecular weight is 291 g/mol. The van der Waals surface area contributed by atoms with Crippen LogP contribution in [0.25, 0.3) is 0 Å². The normalized spacial score (nSPS) is 19.1. The van der Waals surface area contributed by atoms with Gasteiger partial charge in [-0.1, -0.05) is 6.08 Å². The van der Waals surface area contributed by atoms with Crippen LogP contribution in [0.3, 0.4) is 0 Å². The zero-order valence-corrected chi connectivity index (χ0v) is 11.9. The van der Waals surface area contributed by atoms with Gasteiger partial charge in [-0.3, -0.25) is 15.0 Å². The van der Waals surface area contributed by atoms with Gasteiger partial charge in [0.25, 0.3) is 0 Å². The molecule has 0 aromatic carbocycles. The third kappa shape index (κ3) is 7.15. The molecule has 19 heavy (non-hydrogen) atoms. The van der Waals surface area contributed by atoms with Gasteiger partial charge < -0.3 is 11.1 Å². The van der Waals surface area contributed by atoms with Crippen molar-refractivity contribution in [2.24, 2.45) is 11.7 Å². The summed E-state index contributed by atoms with van der Waals surface area (Å²) in [4.78, 5) is 24.9. The van der Waals surface area contributed by atoms with Crippen molar-refractivity contribution >= 4 is 24.3 Å². The number of piperidine rings is 1. The topological polar surface area (TPSA) is 87.5 Å². The molecule has 0 spiro atoms. The molecule has 1 rings (SSSR count). The molecule has 0 aliphatic carbocycles. The number of nitrogens with one attached hydrogen (secondary N) is 2. The first-order valence-electron chi connectivity index (χ1n) is 6.26. The molecule has 1 atom stereocenters. The molecule has 0 radical (unpaired) electrons. The fraction of sp³-hybridized carbons (Fsp3) is 0.667. The number of amides is 3. The maximum Gasteiger partial charge on any atom is 0.321 e. The lowest BCUT2D eigenvalue weighted by Crippen LogP contribution is -2.47. The van der Waals surface area contributed by atoms with E-state index in [4.69, 9.17) is 5.73 Å². The number of rotatable bonds is 5. The smallest absolute Gasteiger partial charge is 0.321 e. The van der Waals surface area contributed by atoms with E-state index in [0.29, 0.717) is 19.0 Å². The summed E-state index contributed by atoms with van der Waals surface area (Å²) in [5.74, 6) is 0.176. The molecule has 110 valence electrons. The van der Waals surface area contributed by atoms with Gasteiger partial charge in [0.15, 0.2) is 0 Å². The highest BCUT2D eigenvalue weighted by Crippen LogP contribution is 2.14. The first-order chi connectivity index (χ1) is 8.65. The van der Waals surface area contributed by atoms with E-state index in [1.807, 2.05) is 4.90 Å². The van der Waals surface area contributed by atoms with Crippen LogP contribution in [0, 0.1) is 5.92 Å². The fourth-order valence-electron chi connectivity index (χ4n) is 2.07. The Balaban J connectivity index is 0.00000324. The zero-order chi connectivity index (χ0) is 13.4. The van der Waals surface area contributed by atoms with Crippen LogP contribution >= 0.6 is 12.4 Å². The predicted molar refractivity (Wildman–Crippen MR) is 77.2 cm³/mol. The monoisotopic (exact) mass is 290 g/mol. The lowest BCUT2D eigenvalue weighted by molar-refractivity contribution is -0.121. The van der Waals surface area contributed by atoms with Gasteiger partial charge in [-0.25, -0.2) is 4.79 Å². The molecule has 1 aliphatic heterocycles. The van der Waals surface area contributed by atoms with Crippen LogP contribution in [-0.4, -0.2) is 49.6 Å².